The molecular formula is C52H36O. The second-order valence-electron chi connectivity index (χ2n) is 13.0. The molecular weight excluding hydrogens is 641 g/mol. The molecule has 0 radical (unpaired) electrons. The molecule has 1 heterocycles. The maximum absolute atomic E-state index is 9.70. The number of rotatable bonds is 4. The first kappa shape index (κ1) is 13.5. The van der Waals surface area contributed by atoms with E-state index in [0.29, 0.717) is 0 Å². The van der Waals surface area contributed by atoms with Crippen molar-refractivity contribution in [2.45, 2.75) is 25.7 Å². The quantitative estimate of drug-likeness (QED) is 0.166. The predicted octanol–water partition coefficient (Wildman–Crippen LogP) is 14.3. The predicted molar refractivity (Wildman–Crippen MR) is 224 cm³/mol. The normalized spacial score (nSPS) is 20.7. The molecule has 0 fully saturated rings. The molecule has 1 aliphatic rings. The van der Waals surface area contributed by atoms with E-state index >= 15 is 0 Å². The number of hydrogen-bond acceptors (Lipinski definition) is 1. The van der Waals surface area contributed by atoms with Crippen molar-refractivity contribution in [2.75, 3.05) is 0 Å². The molecule has 10 aromatic rings. The Hall–Kier alpha value is -6.44. The molecule has 0 amide bonds. The molecule has 1 aliphatic carbocycles. The van der Waals surface area contributed by atoms with E-state index in [4.69, 9.17) is 25.0 Å². The minimum Gasteiger partial charge on any atom is -0.455 e. The van der Waals surface area contributed by atoms with Gasteiger partial charge in [-0.15, -0.1) is 0 Å². The van der Waals surface area contributed by atoms with Crippen molar-refractivity contribution in [3.63, 3.8) is 0 Å². The van der Waals surface area contributed by atoms with Gasteiger partial charge in [-0.1, -0.05) is 165 Å². The molecule has 0 spiro atoms. The first-order chi connectivity index (χ1) is 37.7. The average molecular weight is 705 g/mol. The molecule has 9 aromatic carbocycles. The topological polar surface area (TPSA) is 13.1 Å². The van der Waals surface area contributed by atoms with E-state index in [1.807, 2.05) is 0 Å². The fourth-order valence-electron chi connectivity index (χ4n) is 7.31. The Morgan fingerprint density at radius 2 is 1.11 bits per heavy atom. The molecule has 53 heavy (non-hydrogen) atoms. The minimum atomic E-state index is -1.47. The maximum atomic E-state index is 9.70. The van der Waals surface area contributed by atoms with Gasteiger partial charge in [-0.25, -0.2) is 0 Å². The van der Waals surface area contributed by atoms with Crippen molar-refractivity contribution in [1.82, 2.24) is 0 Å². The van der Waals surface area contributed by atoms with E-state index in [9.17, 15) is 17.8 Å². The molecule has 11 rings (SSSR count). The van der Waals surface area contributed by atoms with Gasteiger partial charge in [-0.3, -0.25) is 0 Å². The van der Waals surface area contributed by atoms with Crippen molar-refractivity contribution in [3.8, 4) is 33.4 Å². The van der Waals surface area contributed by atoms with Crippen LogP contribution in [-0.2, 0) is 11.8 Å². The summed E-state index contributed by atoms with van der Waals surface area (Å²) in [6, 6.07) is -22.3. The number of benzene rings is 9. The van der Waals surface area contributed by atoms with E-state index in [1.165, 1.54) is 13.8 Å². The monoisotopic (exact) mass is 704 g/mol. The van der Waals surface area contributed by atoms with Crippen LogP contribution in [0, 0.1) is 0 Å². The summed E-state index contributed by atoms with van der Waals surface area (Å²) in [6.45, 7) is 3.05. The highest BCUT2D eigenvalue weighted by molar-refractivity contribution is 6.18. The molecule has 0 saturated heterocycles. The summed E-state index contributed by atoms with van der Waals surface area (Å²) in [7, 11) is 0. The summed E-state index contributed by atoms with van der Waals surface area (Å²) < 4.78 is 261. The van der Waals surface area contributed by atoms with Crippen LogP contribution >= 0.6 is 0 Å². The van der Waals surface area contributed by atoms with Crippen molar-refractivity contribution in [1.29, 1.82) is 0 Å². The zero-order valence-electron chi connectivity index (χ0n) is 55.6. The van der Waals surface area contributed by atoms with Crippen LogP contribution < -0.4 is 0 Å². The first-order valence-corrected chi connectivity index (χ1v) is 16.4. The summed E-state index contributed by atoms with van der Waals surface area (Å²) in [5.41, 5.74) is -6.34. The highest BCUT2D eigenvalue weighted by Gasteiger charge is 2.35. The molecule has 0 aliphatic heterocycles. The molecule has 0 unspecified atom stereocenters. The van der Waals surface area contributed by atoms with Crippen molar-refractivity contribution in [2.24, 2.45) is 0 Å². The molecule has 0 atom stereocenters. The van der Waals surface area contributed by atoms with Gasteiger partial charge in [-0.2, -0.15) is 0 Å². The van der Waals surface area contributed by atoms with Crippen molar-refractivity contribution in [3.05, 3.63) is 191 Å². The smallest absolute Gasteiger partial charge is 0.143 e. The molecule has 1 aromatic heterocycles. The zero-order chi connectivity index (χ0) is 59.6. The fraction of sp³-hybridized carbons (Fsp3) is 0.0769. The third kappa shape index (κ3) is 4.44. The Kier molecular flexibility index (Phi) is 2.88. The third-order valence-electron chi connectivity index (χ3n) is 9.78. The summed E-state index contributed by atoms with van der Waals surface area (Å²) >= 11 is 0. The fourth-order valence-corrected chi connectivity index (χ4v) is 7.31. The standard InChI is InChI=1S/C52H36O/c1-52(2)46-20-10-9-17-40(46)41-28-27-35(31-47(41)52)32-22-24-34(25-23-32)49-42-18-7-5-15-38(42)45(39-16-6-8-19-43(39)49)30-36-13-11-21-48-50(36)44-29-26-33-12-3-4-14-37(33)51(44)53-48/h3-29,31H,30H2,1-2H3/i3D,4D,5D,6D,7D,8D,9D,10D,11D,12D,13D,14D,15D,16D,17D,18D,19D,20D,21D,22D,23D,24D,25D,26D,27D,28D,29D,31D. The van der Waals surface area contributed by atoms with Gasteiger partial charge >= 0.3 is 0 Å². The first-order valence-electron chi connectivity index (χ1n) is 30.4. The molecule has 0 saturated carbocycles. The lowest BCUT2D eigenvalue weighted by Gasteiger charge is -2.22. The van der Waals surface area contributed by atoms with Gasteiger partial charge < -0.3 is 4.42 Å². The Morgan fingerprint density at radius 3 is 1.89 bits per heavy atom. The highest BCUT2D eigenvalue weighted by atomic mass is 16.3. The van der Waals surface area contributed by atoms with Crippen LogP contribution in [0.5, 0.6) is 0 Å². The van der Waals surface area contributed by atoms with Gasteiger partial charge in [0, 0.05) is 21.6 Å². The van der Waals surface area contributed by atoms with Crippen LogP contribution in [0.2, 0.25) is 0 Å². The lowest BCUT2D eigenvalue weighted by atomic mass is 9.81. The van der Waals surface area contributed by atoms with Crippen LogP contribution in [0.25, 0.3) is 87.6 Å². The Balaban J connectivity index is 1.28. The van der Waals surface area contributed by atoms with Crippen LogP contribution in [0.15, 0.2) is 174 Å². The van der Waals surface area contributed by atoms with Gasteiger partial charge in [0.1, 0.15) is 11.2 Å². The maximum Gasteiger partial charge on any atom is 0.143 e. The Morgan fingerprint density at radius 1 is 0.491 bits per heavy atom. The third-order valence-corrected chi connectivity index (χ3v) is 9.78. The van der Waals surface area contributed by atoms with Crippen LogP contribution in [0.1, 0.15) is 74.5 Å². The second kappa shape index (κ2) is 11.3. The summed E-state index contributed by atoms with van der Waals surface area (Å²) in [4.78, 5) is 0. The Bertz CT molecular complexity index is 4620. The SMILES string of the molecule is [2H]c1c([2H])c([2H])c2c(c1[2H])-c1c([2H])c([2H])c(-c3c([2H])c([2H])c(-c4c5c([2H])c([2H])c([2H])c([2H])c5c(Cc5c([2H])c([2H])c([2H])c6oc7c8c([2H])c([2H])c([2H])c([2H])c8c([2H])c([2H])c7c56)c5c([2H])c([2H])c([2H])c([2H])c45)c([2H])c3[2H])c([2H])c1C2(C)C. The van der Waals surface area contributed by atoms with Gasteiger partial charge in [0.25, 0.3) is 0 Å². The van der Waals surface area contributed by atoms with Crippen LogP contribution in [0.3, 0.4) is 0 Å². The van der Waals surface area contributed by atoms with E-state index in [2.05, 4.69) is 0 Å². The van der Waals surface area contributed by atoms with Gasteiger partial charge in [0.2, 0.25) is 0 Å². The lowest BCUT2D eigenvalue weighted by molar-refractivity contribution is 0.660. The van der Waals surface area contributed by atoms with E-state index in [1.54, 1.807) is 0 Å². The van der Waals surface area contributed by atoms with Gasteiger partial charge in [0.15, 0.2) is 0 Å². The second-order valence-corrected chi connectivity index (χ2v) is 13.0. The van der Waals surface area contributed by atoms with E-state index in [0.717, 1.165) is 0 Å². The molecule has 0 bridgehead atoms. The molecule has 0 N–H and O–H groups in total. The molecule has 1 nitrogen and oxygen atoms in total. The average Bonchev–Trinajstić information content (AvgIpc) is 4.17. The number of furan rings is 1. The van der Waals surface area contributed by atoms with E-state index in [-0.39, 0.29) is 44.0 Å². The lowest BCUT2D eigenvalue weighted by Crippen LogP contribution is -2.14. The highest BCUT2D eigenvalue weighted by Crippen LogP contribution is 2.50. The number of hydrogen-bond donors (Lipinski definition) is 0. The zero-order valence-corrected chi connectivity index (χ0v) is 27.6. The Labute approximate surface area is 348 Å². The van der Waals surface area contributed by atoms with Crippen LogP contribution in [-0.4, -0.2) is 0 Å². The minimum absolute atomic E-state index is 0.0125. The van der Waals surface area contributed by atoms with Crippen molar-refractivity contribution < 1.29 is 42.8 Å². The summed E-state index contributed by atoms with van der Waals surface area (Å²) in [5, 5.41) is -3.87. The largest absolute Gasteiger partial charge is 0.455 e. The van der Waals surface area contributed by atoms with E-state index < -0.39 is 247 Å². The van der Waals surface area contributed by atoms with Gasteiger partial charge in [-0.05, 0) is 107 Å². The number of fused-ring (bicyclic) bond motifs is 10. The van der Waals surface area contributed by atoms with Crippen LogP contribution in [0.4, 0.5) is 0 Å². The van der Waals surface area contributed by atoms with Gasteiger partial charge in [0.05, 0.1) is 38.4 Å². The molecule has 1 heteroatoms. The summed E-state index contributed by atoms with van der Waals surface area (Å²) in [6.07, 6.45) is -0.860. The molecule has 250 valence electrons. The summed E-state index contributed by atoms with van der Waals surface area (Å²) in [5.74, 6) is 0. The van der Waals surface area contributed by atoms with Crippen molar-refractivity contribution >= 4 is 54.3 Å².